The van der Waals surface area contributed by atoms with Gasteiger partial charge >= 0.3 is 0 Å². The van der Waals surface area contributed by atoms with Crippen molar-refractivity contribution in [3.63, 3.8) is 0 Å². The van der Waals surface area contributed by atoms with Crippen LogP contribution in [0.15, 0.2) is 42.6 Å². The smallest absolute Gasteiger partial charge is 0.196 e. The van der Waals surface area contributed by atoms with Gasteiger partial charge in [-0.1, -0.05) is 77.8 Å². The highest BCUT2D eigenvalue weighted by atomic mass is 16.5. The molecule has 4 heteroatoms. The molecule has 1 aromatic heterocycles. The summed E-state index contributed by atoms with van der Waals surface area (Å²) in [7, 11) is 0. The highest BCUT2D eigenvalue weighted by Gasteiger charge is 2.15. The van der Waals surface area contributed by atoms with Crippen molar-refractivity contribution in [3.8, 4) is 5.75 Å². The standard InChI is InChI=1S/C26H38N2O2/c1-4-5-6-7-8-9-10-11-17-27-26-24(16-13-18-28-26)25(29)22-14-12-15-23(19-22)30-20-21(2)3/h12-16,18-19,21H,4-11,17,20H2,1-3H3,(H,27,28). The Balaban J connectivity index is 1.87. The first-order chi connectivity index (χ1) is 14.6. The summed E-state index contributed by atoms with van der Waals surface area (Å²) in [6.45, 7) is 7.93. The lowest BCUT2D eigenvalue weighted by atomic mass is 10.0. The van der Waals surface area contributed by atoms with E-state index in [1.54, 1.807) is 6.20 Å². The quantitative estimate of drug-likeness (QED) is 0.256. The van der Waals surface area contributed by atoms with Crippen LogP contribution in [0.3, 0.4) is 0 Å². The van der Waals surface area contributed by atoms with Crippen molar-refractivity contribution in [3.05, 3.63) is 53.7 Å². The van der Waals surface area contributed by atoms with E-state index in [1.807, 2.05) is 36.4 Å². The van der Waals surface area contributed by atoms with Gasteiger partial charge in [-0.2, -0.15) is 0 Å². The number of hydrogen-bond donors (Lipinski definition) is 1. The summed E-state index contributed by atoms with van der Waals surface area (Å²) in [5.74, 6) is 1.80. The summed E-state index contributed by atoms with van der Waals surface area (Å²) < 4.78 is 5.77. The Bertz CT molecular complexity index is 758. The number of aromatic nitrogens is 1. The van der Waals surface area contributed by atoms with E-state index in [4.69, 9.17) is 4.74 Å². The number of nitrogens with zero attached hydrogens (tertiary/aromatic N) is 1. The van der Waals surface area contributed by atoms with Crippen molar-refractivity contribution >= 4 is 11.6 Å². The molecule has 164 valence electrons. The molecule has 0 bridgehead atoms. The average Bonchev–Trinajstić information content (AvgIpc) is 2.76. The van der Waals surface area contributed by atoms with Crippen LogP contribution in [-0.2, 0) is 0 Å². The molecule has 1 aromatic carbocycles. The van der Waals surface area contributed by atoms with Gasteiger partial charge in [-0.05, 0) is 36.6 Å². The predicted octanol–water partition coefficient (Wildman–Crippen LogP) is 6.90. The van der Waals surface area contributed by atoms with Crippen LogP contribution in [0.2, 0.25) is 0 Å². The summed E-state index contributed by atoms with van der Waals surface area (Å²) in [4.78, 5) is 17.5. The Kier molecular flexibility index (Phi) is 11.0. The number of anilines is 1. The zero-order valence-corrected chi connectivity index (χ0v) is 19.0. The van der Waals surface area contributed by atoms with E-state index >= 15 is 0 Å². The fraction of sp³-hybridized carbons (Fsp3) is 0.538. The van der Waals surface area contributed by atoms with E-state index < -0.39 is 0 Å². The predicted molar refractivity (Wildman–Crippen MR) is 126 cm³/mol. The van der Waals surface area contributed by atoms with Crippen LogP contribution in [0.1, 0.15) is 88.1 Å². The van der Waals surface area contributed by atoms with Crippen molar-refractivity contribution in [2.45, 2.75) is 72.1 Å². The molecule has 30 heavy (non-hydrogen) atoms. The van der Waals surface area contributed by atoms with Gasteiger partial charge < -0.3 is 10.1 Å². The maximum Gasteiger partial charge on any atom is 0.196 e. The van der Waals surface area contributed by atoms with Crippen molar-refractivity contribution in [1.82, 2.24) is 4.98 Å². The van der Waals surface area contributed by atoms with E-state index in [-0.39, 0.29) is 5.78 Å². The maximum absolute atomic E-state index is 13.1. The molecule has 0 aliphatic carbocycles. The molecule has 0 unspecified atom stereocenters. The van der Waals surface area contributed by atoms with Crippen LogP contribution in [0.4, 0.5) is 5.82 Å². The number of ketones is 1. The van der Waals surface area contributed by atoms with Crippen LogP contribution in [-0.4, -0.2) is 23.9 Å². The number of benzene rings is 1. The Morgan fingerprint density at radius 3 is 2.47 bits per heavy atom. The fourth-order valence-electron chi connectivity index (χ4n) is 3.34. The molecule has 0 saturated carbocycles. The van der Waals surface area contributed by atoms with Gasteiger partial charge in [-0.3, -0.25) is 4.79 Å². The topological polar surface area (TPSA) is 51.2 Å². The molecule has 0 aliphatic rings. The second kappa shape index (κ2) is 13.8. The van der Waals surface area contributed by atoms with Gasteiger partial charge in [0.15, 0.2) is 5.78 Å². The fourth-order valence-corrected chi connectivity index (χ4v) is 3.34. The van der Waals surface area contributed by atoms with E-state index in [1.165, 1.54) is 44.9 Å². The molecule has 0 fully saturated rings. The number of carbonyl (C=O) groups excluding carboxylic acids is 1. The number of ether oxygens (including phenoxy) is 1. The SMILES string of the molecule is CCCCCCCCCCNc1ncccc1C(=O)c1cccc(OCC(C)C)c1. The molecule has 0 spiro atoms. The molecule has 0 atom stereocenters. The zero-order valence-electron chi connectivity index (χ0n) is 19.0. The largest absolute Gasteiger partial charge is 0.493 e. The van der Waals surface area contributed by atoms with Gasteiger partial charge in [0.05, 0.1) is 12.2 Å². The lowest BCUT2D eigenvalue weighted by Gasteiger charge is -2.12. The first-order valence-corrected chi connectivity index (χ1v) is 11.6. The second-order valence-electron chi connectivity index (χ2n) is 8.36. The van der Waals surface area contributed by atoms with Gasteiger partial charge in [-0.25, -0.2) is 4.98 Å². The Morgan fingerprint density at radius 1 is 1.00 bits per heavy atom. The van der Waals surface area contributed by atoms with Crippen molar-refractivity contribution in [2.24, 2.45) is 5.92 Å². The van der Waals surface area contributed by atoms with Gasteiger partial charge in [0.1, 0.15) is 11.6 Å². The second-order valence-corrected chi connectivity index (χ2v) is 8.36. The van der Waals surface area contributed by atoms with Crippen LogP contribution in [0, 0.1) is 5.92 Å². The average molecular weight is 411 g/mol. The highest BCUT2D eigenvalue weighted by molar-refractivity contribution is 6.12. The van der Waals surface area contributed by atoms with E-state index in [0.29, 0.717) is 29.5 Å². The molecule has 1 heterocycles. The molecule has 0 saturated heterocycles. The monoisotopic (exact) mass is 410 g/mol. The van der Waals surface area contributed by atoms with Crippen molar-refractivity contribution in [1.29, 1.82) is 0 Å². The van der Waals surface area contributed by atoms with Gasteiger partial charge in [0.25, 0.3) is 0 Å². The lowest BCUT2D eigenvalue weighted by Crippen LogP contribution is -2.11. The van der Waals surface area contributed by atoms with Crippen LogP contribution in [0.5, 0.6) is 5.75 Å². The highest BCUT2D eigenvalue weighted by Crippen LogP contribution is 2.21. The number of carbonyl (C=O) groups is 1. The van der Waals surface area contributed by atoms with Crippen LogP contribution >= 0.6 is 0 Å². The van der Waals surface area contributed by atoms with Crippen molar-refractivity contribution in [2.75, 3.05) is 18.5 Å². The summed E-state index contributed by atoms with van der Waals surface area (Å²) >= 11 is 0. The molecule has 0 aliphatic heterocycles. The minimum atomic E-state index is -0.0310. The number of hydrogen-bond acceptors (Lipinski definition) is 4. The minimum Gasteiger partial charge on any atom is -0.493 e. The molecule has 2 rings (SSSR count). The molecular formula is C26H38N2O2. The summed E-state index contributed by atoms with van der Waals surface area (Å²) in [5, 5.41) is 3.37. The molecule has 0 amide bonds. The zero-order chi connectivity index (χ0) is 21.6. The third-order valence-corrected chi connectivity index (χ3v) is 5.05. The maximum atomic E-state index is 13.1. The molecule has 4 nitrogen and oxygen atoms in total. The number of unbranched alkanes of at least 4 members (excludes halogenated alkanes) is 7. The number of rotatable bonds is 15. The lowest BCUT2D eigenvalue weighted by molar-refractivity contribution is 0.103. The molecule has 2 aromatic rings. The Hall–Kier alpha value is -2.36. The third-order valence-electron chi connectivity index (χ3n) is 5.05. The minimum absolute atomic E-state index is 0.0310. The Labute approximate surface area is 182 Å². The van der Waals surface area contributed by atoms with E-state index in [2.05, 4.69) is 31.1 Å². The van der Waals surface area contributed by atoms with Crippen LogP contribution in [0.25, 0.3) is 0 Å². The third kappa shape index (κ3) is 8.56. The van der Waals surface area contributed by atoms with E-state index in [0.717, 1.165) is 18.7 Å². The van der Waals surface area contributed by atoms with Crippen molar-refractivity contribution < 1.29 is 9.53 Å². The van der Waals surface area contributed by atoms with Crippen LogP contribution < -0.4 is 10.1 Å². The van der Waals surface area contributed by atoms with E-state index in [9.17, 15) is 4.79 Å². The van der Waals surface area contributed by atoms with Gasteiger partial charge in [0.2, 0.25) is 0 Å². The Morgan fingerprint density at radius 2 is 1.73 bits per heavy atom. The molecule has 1 N–H and O–H groups in total. The number of pyridine rings is 1. The summed E-state index contributed by atoms with van der Waals surface area (Å²) in [6.07, 6.45) is 12.0. The van der Waals surface area contributed by atoms with Gasteiger partial charge in [-0.15, -0.1) is 0 Å². The summed E-state index contributed by atoms with van der Waals surface area (Å²) in [6, 6.07) is 11.1. The summed E-state index contributed by atoms with van der Waals surface area (Å²) in [5.41, 5.74) is 1.23. The molecule has 0 radical (unpaired) electrons. The first kappa shape index (κ1) is 23.9. The molecular weight excluding hydrogens is 372 g/mol. The normalized spacial score (nSPS) is 10.9. The first-order valence-electron chi connectivity index (χ1n) is 11.6. The van der Waals surface area contributed by atoms with Gasteiger partial charge in [0, 0.05) is 18.3 Å². The number of nitrogens with one attached hydrogen (secondary N) is 1.